The van der Waals surface area contributed by atoms with Crippen molar-refractivity contribution in [2.24, 2.45) is 0 Å². The zero-order chi connectivity index (χ0) is 15.1. The molecule has 0 saturated carbocycles. The molecule has 0 aliphatic carbocycles. The van der Waals surface area contributed by atoms with Gasteiger partial charge in [0.05, 0.1) is 12.7 Å². The van der Waals surface area contributed by atoms with Crippen LogP contribution in [0.2, 0.25) is 25.2 Å². The lowest BCUT2D eigenvalue weighted by Gasteiger charge is -2.17. The molecule has 0 fully saturated rings. The van der Waals surface area contributed by atoms with Crippen LogP contribution in [0.15, 0.2) is 11.6 Å². The van der Waals surface area contributed by atoms with E-state index in [9.17, 15) is 9.90 Å². The van der Waals surface area contributed by atoms with Crippen LogP contribution in [0.1, 0.15) is 19.8 Å². The molecule has 2 atom stereocenters. The van der Waals surface area contributed by atoms with Crippen LogP contribution in [0.4, 0.5) is 0 Å². The summed E-state index contributed by atoms with van der Waals surface area (Å²) < 4.78 is 5.12. The highest BCUT2D eigenvalue weighted by molar-refractivity contribution is 6.69. The van der Waals surface area contributed by atoms with E-state index in [-0.39, 0.29) is 13.0 Å². The number of allylic oxidation sites excluding steroid dienone is 1. The molecule has 0 aromatic heterocycles. The number of rotatable bonds is 8. The van der Waals surface area contributed by atoms with Gasteiger partial charge in [0, 0.05) is 22.2 Å². The topological polar surface area (TPSA) is 76.0 Å². The number of hydrogen-bond acceptors (Lipinski definition) is 5. The van der Waals surface area contributed by atoms with Gasteiger partial charge in [0.25, 0.3) is 0 Å². The molecule has 0 aliphatic rings. The third-order valence-corrected chi connectivity index (χ3v) is 4.16. The molecule has 0 aromatic carbocycles. The Balaban J connectivity index is 4.73. The fourth-order valence-electron chi connectivity index (χ4n) is 1.22. The van der Waals surface area contributed by atoms with E-state index in [4.69, 9.17) is 14.6 Å². The van der Waals surface area contributed by atoms with E-state index in [1.807, 2.05) is 32.6 Å². The Morgan fingerprint density at radius 1 is 1.42 bits per heavy atom. The Labute approximate surface area is 119 Å². The Kier molecular flexibility index (Phi) is 8.43. The fourth-order valence-corrected chi connectivity index (χ4v) is 1.94. The van der Waals surface area contributed by atoms with E-state index in [0.29, 0.717) is 11.1 Å². The lowest BCUT2D eigenvalue weighted by molar-refractivity contribution is -0.215. The second kappa shape index (κ2) is 8.65. The lowest BCUT2D eigenvalue weighted by atomic mass is 10.1. The van der Waals surface area contributed by atoms with Crippen molar-refractivity contribution in [2.75, 3.05) is 6.61 Å². The Morgan fingerprint density at radius 2 is 2.00 bits per heavy atom. The molecule has 0 amide bonds. The highest BCUT2D eigenvalue weighted by Crippen LogP contribution is 2.17. The number of aliphatic hydroxyl groups is 2. The van der Waals surface area contributed by atoms with Crippen molar-refractivity contribution in [1.82, 2.24) is 0 Å². The summed E-state index contributed by atoms with van der Waals surface area (Å²) in [4.78, 5) is 16.8. The summed E-state index contributed by atoms with van der Waals surface area (Å²) in [6.07, 6.45) is 1.90. The molecular weight excluding hydrogens is 280 g/mol. The van der Waals surface area contributed by atoms with E-state index >= 15 is 0 Å². The molecule has 0 aromatic rings. The van der Waals surface area contributed by atoms with Gasteiger partial charge >= 0.3 is 5.97 Å². The highest BCUT2D eigenvalue weighted by Gasteiger charge is 2.22. The van der Waals surface area contributed by atoms with Crippen molar-refractivity contribution in [3.63, 3.8) is 0 Å². The van der Waals surface area contributed by atoms with Crippen molar-refractivity contribution in [3.05, 3.63) is 11.6 Å². The van der Waals surface area contributed by atoms with Crippen LogP contribution in [-0.2, 0) is 14.3 Å². The van der Waals surface area contributed by atoms with Gasteiger partial charge in [0.15, 0.2) is 0 Å². The number of carbonyl (C=O) groups excluding carboxylic acids is 1. The molecule has 2 N–H and O–H groups in total. The monoisotopic (exact) mass is 306 g/mol. The summed E-state index contributed by atoms with van der Waals surface area (Å²) in [5, 5.41) is 18.3. The summed E-state index contributed by atoms with van der Waals surface area (Å²) in [6.45, 7) is 7.39. The number of aliphatic hydroxyl groups excluding tert-OH is 2. The molecule has 112 valence electrons. The Hall–Kier alpha value is -0.476. The first-order chi connectivity index (χ1) is 8.69. The van der Waals surface area contributed by atoms with Gasteiger partial charge in [0.2, 0.25) is 8.32 Å². The van der Waals surface area contributed by atoms with E-state index in [1.165, 1.54) is 0 Å². The standard InChI is InChI=1S/C12H26O5Si2/c1-5-11(18)7-9(6-10(14)8-13)12(15)16-17-19(2,3)4/h7,10-11,13-14H,5-6,8H2,1-4,18H3. The summed E-state index contributed by atoms with van der Waals surface area (Å²) >= 11 is 0. The number of carbonyl (C=O) groups is 1. The van der Waals surface area contributed by atoms with Crippen LogP contribution in [-0.4, -0.2) is 47.5 Å². The minimum absolute atomic E-state index is 0.0864. The molecule has 0 radical (unpaired) electrons. The lowest BCUT2D eigenvalue weighted by Crippen LogP contribution is -2.28. The van der Waals surface area contributed by atoms with Gasteiger partial charge in [-0.15, -0.1) is 0 Å². The maximum absolute atomic E-state index is 11.9. The first kappa shape index (κ1) is 18.5. The van der Waals surface area contributed by atoms with Crippen molar-refractivity contribution >= 4 is 24.5 Å². The summed E-state index contributed by atoms with van der Waals surface area (Å²) in [5.41, 5.74) is 0.710. The van der Waals surface area contributed by atoms with Crippen LogP contribution in [0.3, 0.4) is 0 Å². The van der Waals surface area contributed by atoms with Crippen molar-refractivity contribution in [3.8, 4) is 0 Å². The molecule has 0 heterocycles. The molecule has 0 rings (SSSR count). The molecule has 0 saturated heterocycles. The van der Waals surface area contributed by atoms with Crippen molar-refractivity contribution in [2.45, 2.75) is 51.1 Å². The van der Waals surface area contributed by atoms with E-state index in [2.05, 4.69) is 0 Å². The summed E-state index contributed by atoms with van der Waals surface area (Å²) in [6, 6.07) is 0. The first-order valence-corrected chi connectivity index (χ1v) is 11.2. The molecule has 19 heavy (non-hydrogen) atoms. The van der Waals surface area contributed by atoms with Crippen molar-refractivity contribution in [1.29, 1.82) is 0 Å². The van der Waals surface area contributed by atoms with Gasteiger partial charge < -0.3 is 15.1 Å². The van der Waals surface area contributed by atoms with Crippen LogP contribution in [0.25, 0.3) is 0 Å². The van der Waals surface area contributed by atoms with Crippen LogP contribution in [0, 0.1) is 0 Å². The van der Waals surface area contributed by atoms with E-state index in [0.717, 1.165) is 16.7 Å². The second-order valence-corrected chi connectivity index (χ2v) is 11.6. The largest absolute Gasteiger partial charge is 0.394 e. The van der Waals surface area contributed by atoms with Gasteiger partial charge in [-0.2, -0.15) is 0 Å². The first-order valence-electron chi connectivity index (χ1n) is 6.59. The molecule has 0 spiro atoms. The Morgan fingerprint density at radius 3 is 2.42 bits per heavy atom. The van der Waals surface area contributed by atoms with E-state index < -0.39 is 20.4 Å². The van der Waals surface area contributed by atoms with E-state index in [1.54, 1.807) is 0 Å². The fraction of sp³-hybridized carbons (Fsp3) is 0.750. The average molecular weight is 307 g/mol. The van der Waals surface area contributed by atoms with Gasteiger partial charge in [-0.05, 0) is 25.2 Å². The molecule has 0 bridgehead atoms. The summed E-state index contributed by atoms with van der Waals surface area (Å²) in [7, 11) is -1.02. The third kappa shape index (κ3) is 9.12. The second-order valence-electron chi connectivity index (χ2n) is 5.68. The molecular formula is C12H26O5Si2. The van der Waals surface area contributed by atoms with Gasteiger partial charge in [-0.25, -0.2) is 9.37 Å². The zero-order valence-electron chi connectivity index (χ0n) is 12.5. The van der Waals surface area contributed by atoms with Crippen LogP contribution < -0.4 is 0 Å². The number of hydrogen-bond donors (Lipinski definition) is 2. The minimum atomic E-state index is -1.94. The molecule has 2 unspecified atom stereocenters. The molecule has 5 nitrogen and oxygen atoms in total. The minimum Gasteiger partial charge on any atom is -0.394 e. The maximum Gasteiger partial charge on any atom is 0.367 e. The van der Waals surface area contributed by atoms with Crippen LogP contribution in [0.5, 0.6) is 0 Å². The zero-order valence-corrected chi connectivity index (χ0v) is 15.5. The smallest absolute Gasteiger partial charge is 0.367 e. The third-order valence-electron chi connectivity index (χ3n) is 2.43. The van der Waals surface area contributed by atoms with Crippen LogP contribution >= 0.6 is 0 Å². The predicted octanol–water partition coefficient (Wildman–Crippen LogP) is 0.530. The average Bonchev–Trinajstić information content (AvgIpc) is 2.33. The maximum atomic E-state index is 11.9. The predicted molar refractivity (Wildman–Crippen MR) is 80.3 cm³/mol. The highest BCUT2D eigenvalue weighted by atomic mass is 28.4. The SMILES string of the molecule is CCC([SiH3])C=C(CC(O)CO)C(=O)OO[Si](C)(C)C. The van der Waals surface area contributed by atoms with Gasteiger partial charge in [-0.1, -0.05) is 19.4 Å². The quantitative estimate of drug-likeness (QED) is 0.296. The molecule has 0 aliphatic heterocycles. The van der Waals surface area contributed by atoms with Crippen molar-refractivity contribution < 1.29 is 24.5 Å². The Bertz CT molecular complexity index is 312. The summed E-state index contributed by atoms with van der Waals surface area (Å²) in [5.74, 6) is -0.566. The normalized spacial score (nSPS) is 16.2. The molecule has 7 heteroatoms. The van der Waals surface area contributed by atoms with Gasteiger partial charge in [-0.3, -0.25) is 0 Å². The van der Waals surface area contributed by atoms with Gasteiger partial charge in [0.1, 0.15) is 0 Å².